The third-order valence-electron chi connectivity index (χ3n) is 5.25. The lowest BCUT2D eigenvalue weighted by Crippen LogP contribution is -2.36. The lowest BCUT2D eigenvalue weighted by molar-refractivity contribution is 0.174. The van der Waals surface area contributed by atoms with Gasteiger partial charge in [0.1, 0.15) is 6.04 Å². The van der Waals surface area contributed by atoms with Crippen LogP contribution in [0, 0.1) is 0 Å². The summed E-state index contributed by atoms with van der Waals surface area (Å²) in [4.78, 5) is 3.96. The number of hydrogen-bond donors (Lipinski definition) is 0. The van der Waals surface area contributed by atoms with Crippen LogP contribution in [0.3, 0.4) is 0 Å². The summed E-state index contributed by atoms with van der Waals surface area (Å²) in [6, 6.07) is 5.10. The Hall–Kier alpha value is -1.27. The van der Waals surface area contributed by atoms with E-state index in [2.05, 4.69) is 42.6 Å². The summed E-state index contributed by atoms with van der Waals surface area (Å²) in [5.74, 6) is 1.06. The predicted octanol–water partition coefficient (Wildman–Crippen LogP) is 3.82. The van der Waals surface area contributed by atoms with E-state index in [4.69, 9.17) is 0 Å². The largest absolute Gasteiger partial charge is 0.289 e. The lowest BCUT2D eigenvalue weighted by Gasteiger charge is -2.34. The molecule has 3 heterocycles. The number of rotatable bonds is 4. The minimum Gasteiger partial charge on any atom is -0.289 e. The van der Waals surface area contributed by atoms with E-state index in [-0.39, 0.29) is 6.04 Å². The molecule has 0 unspecified atom stereocenters. The van der Waals surface area contributed by atoms with Gasteiger partial charge in [-0.05, 0) is 60.6 Å². The highest BCUT2D eigenvalue weighted by molar-refractivity contribution is 7.10. The minimum atomic E-state index is 0.229. The Kier molecular flexibility index (Phi) is 4.71. The Morgan fingerprint density at radius 1 is 1.04 bits per heavy atom. The molecule has 2 aliphatic rings. The molecule has 2 fully saturated rings. The molecule has 1 saturated carbocycles. The van der Waals surface area contributed by atoms with Gasteiger partial charge in [0.25, 0.3) is 0 Å². The Labute approximate surface area is 141 Å². The molecule has 0 amide bonds. The molecule has 1 saturated heterocycles. The molecular formula is C17H25N5S. The van der Waals surface area contributed by atoms with Crippen molar-refractivity contribution in [1.29, 1.82) is 0 Å². The van der Waals surface area contributed by atoms with Crippen LogP contribution in [-0.2, 0) is 0 Å². The molecule has 6 heteroatoms. The number of aromatic nitrogens is 4. The molecule has 124 valence electrons. The number of piperidine rings is 1. The predicted molar refractivity (Wildman–Crippen MR) is 91.5 cm³/mol. The minimum absolute atomic E-state index is 0.229. The highest BCUT2D eigenvalue weighted by atomic mass is 32.1. The summed E-state index contributed by atoms with van der Waals surface area (Å²) >= 11 is 1.83. The number of likely N-dealkylation sites (tertiary alicyclic amines) is 1. The normalized spacial score (nSPS) is 22.3. The molecule has 0 radical (unpaired) electrons. The van der Waals surface area contributed by atoms with Gasteiger partial charge in [-0.25, -0.2) is 4.68 Å². The second-order valence-corrected chi connectivity index (χ2v) is 7.77. The number of hydrogen-bond acceptors (Lipinski definition) is 5. The molecule has 0 N–H and O–H groups in total. The first-order valence-electron chi connectivity index (χ1n) is 8.99. The van der Waals surface area contributed by atoms with Gasteiger partial charge in [-0.2, -0.15) is 0 Å². The van der Waals surface area contributed by atoms with Crippen molar-refractivity contribution < 1.29 is 0 Å². The van der Waals surface area contributed by atoms with E-state index in [0.29, 0.717) is 6.04 Å². The van der Waals surface area contributed by atoms with Crippen molar-refractivity contribution in [3.05, 3.63) is 28.2 Å². The SMILES string of the molecule is c1csc([C@@H](c2nnnn2C2CCCCC2)N2CCCCC2)c1. The van der Waals surface area contributed by atoms with E-state index in [1.807, 2.05) is 11.3 Å². The fourth-order valence-electron chi connectivity index (χ4n) is 4.06. The lowest BCUT2D eigenvalue weighted by atomic mass is 9.95. The first-order valence-corrected chi connectivity index (χ1v) is 9.86. The van der Waals surface area contributed by atoms with E-state index in [1.54, 1.807) is 0 Å². The van der Waals surface area contributed by atoms with Crippen molar-refractivity contribution in [2.45, 2.75) is 63.5 Å². The van der Waals surface area contributed by atoms with Crippen LogP contribution >= 0.6 is 11.3 Å². The number of thiophene rings is 1. The number of tetrazole rings is 1. The standard InChI is InChI=1S/C17H25N5S/c1-3-8-14(9-4-1)22-17(18-19-20-22)16(15-10-7-13-23-15)21-11-5-2-6-12-21/h7,10,13-14,16H,1-6,8-9,11-12H2/t16-/m0/s1. The van der Waals surface area contributed by atoms with Crippen LogP contribution in [0.4, 0.5) is 0 Å². The monoisotopic (exact) mass is 331 g/mol. The molecule has 2 aromatic heterocycles. The second-order valence-electron chi connectivity index (χ2n) is 6.79. The van der Waals surface area contributed by atoms with Gasteiger partial charge in [-0.3, -0.25) is 4.90 Å². The topological polar surface area (TPSA) is 46.8 Å². The van der Waals surface area contributed by atoms with Crippen molar-refractivity contribution >= 4 is 11.3 Å². The van der Waals surface area contributed by atoms with Crippen LogP contribution in [0.5, 0.6) is 0 Å². The quantitative estimate of drug-likeness (QED) is 0.854. The molecule has 23 heavy (non-hydrogen) atoms. The molecule has 1 aliphatic heterocycles. The van der Waals surface area contributed by atoms with Crippen molar-refractivity contribution in [2.75, 3.05) is 13.1 Å². The summed E-state index contributed by atoms with van der Waals surface area (Å²) in [6.45, 7) is 2.31. The van der Waals surface area contributed by atoms with Crippen molar-refractivity contribution in [3.63, 3.8) is 0 Å². The first-order chi connectivity index (χ1) is 11.4. The van der Waals surface area contributed by atoms with E-state index in [1.165, 1.54) is 56.2 Å². The van der Waals surface area contributed by atoms with Gasteiger partial charge in [0.15, 0.2) is 5.82 Å². The van der Waals surface area contributed by atoms with Crippen LogP contribution < -0.4 is 0 Å². The van der Waals surface area contributed by atoms with Gasteiger partial charge in [-0.15, -0.1) is 16.4 Å². The molecule has 0 aromatic carbocycles. The first kappa shape index (κ1) is 15.3. The molecule has 2 aromatic rings. The van der Waals surface area contributed by atoms with Crippen LogP contribution in [0.2, 0.25) is 0 Å². The van der Waals surface area contributed by atoms with Gasteiger partial charge in [0, 0.05) is 4.88 Å². The summed E-state index contributed by atoms with van der Waals surface area (Å²) in [5.41, 5.74) is 0. The molecule has 4 rings (SSSR count). The molecule has 0 bridgehead atoms. The highest BCUT2D eigenvalue weighted by Gasteiger charge is 2.31. The van der Waals surface area contributed by atoms with E-state index >= 15 is 0 Å². The van der Waals surface area contributed by atoms with Crippen molar-refractivity contribution in [3.8, 4) is 0 Å². The van der Waals surface area contributed by atoms with Gasteiger partial charge >= 0.3 is 0 Å². The Balaban J connectivity index is 1.67. The smallest absolute Gasteiger partial charge is 0.174 e. The van der Waals surface area contributed by atoms with Crippen LogP contribution in [-0.4, -0.2) is 38.2 Å². The molecule has 0 spiro atoms. The average Bonchev–Trinajstić information content (AvgIpc) is 3.30. The van der Waals surface area contributed by atoms with Gasteiger partial charge in [0.2, 0.25) is 0 Å². The van der Waals surface area contributed by atoms with Crippen LogP contribution in [0.15, 0.2) is 17.5 Å². The zero-order valence-electron chi connectivity index (χ0n) is 13.6. The van der Waals surface area contributed by atoms with Gasteiger partial charge in [0.05, 0.1) is 6.04 Å². The zero-order chi connectivity index (χ0) is 15.5. The molecule has 1 atom stereocenters. The fraction of sp³-hybridized carbons (Fsp3) is 0.706. The summed E-state index contributed by atoms with van der Waals surface area (Å²) in [7, 11) is 0. The van der Waals surface area contributed by atoms with Crippen LogP contribution in [0.1, 0.15) is 74.2 Å². The van der Waals surface area contributed by atoms with Gasteiger partial charge < -0.3 is 0 Å². The molecule has 1 aliphatic carbocycles. The second kappa shape index (κ2) is 7.09. The summed E-state index contributed by atoms with van der Waals surface area (Å²) in [6.07, 6.45) is 10.3. The number of nitrogens with zero attached hydrogens (tertiary/aromatic N) is 5. The Morgan fingerprint density at radius 2 is 1.83 bits per heavy atom. The summed E-state index contributed by atoms with van der Waals surface area (Å²) in [5, 5.41) is 15.1. The maximum absolute atomic E-state index is 4.49. The highest BCUT2D eigenvalue weighted by Crippen LogP contribution is 2.35. The van der Waals surface area contributed by atoms with E-state index in [9.17, 15) is 0 Å². The van der Waals surface area contributed by atoms with Crippen LogP contribution in [0.25, 0.3) is 0 Å². The van der Waals surface area contributed by atoms with Crippen molar-refractivity contribution in [1.82, 2.24) is 25.1 Å². The fourth-order valence-corrected chi connectivity index (χ4v) is 4.91. The van der Waals surface area contributed by atoms with E-state index < -0.39 is 0 Å². The third kappa shape index (κ3) is 3.19. The van der Waals surface area contributed by atoms with E-state index in [0.717, 1.165) is 18.9 Å². The third-order valence-corrected chi connectivity index (χ3v) is 6.18. The summed E-state index contributed by atoms with van der Waals surface area (Å²) < 4.78 is 2.15. The average molecular weight is 331 g/mol. The Morgan fingerprint density at radius 3 is 2.57 bits per heavy atom. The maximum atomic E-state index is 4.49. The zero-order valence-corrected chi connectivity index (χ0v) is 14.4. The van der Waals surface area contributed by atoms with Crippen molar-refractivity contribution in [2.24, 2.45) is 0 Å². The molecular weight excluding hydrogens is 306 g/mol. The Bertz CT molecular complexity index is 596. The molecule has 5 nitrogen and oxygen atoms in total. The maximum Gasteiger partial charge on any atom is 0.174 e. The van der Waals surface area contributed by atoms with Gasteiger partial charge in [-0.1, -0.05) is 31.7 Å².